The van der Waals surface area contributed by atoms with Gasteiger partial charge in [-0.3, -0.25) is 4.79 Å². The van der Waals surface area contributed by atoms with Gasteiger partial charge in [0, 0.05) is 32.1 Å². The molecule has 0 radical (unpaired) electrons. The molecule has 0 aromatic rings. The van der Waals surface area contributed by atoms with Crippen LogP contribution < -0.4 is 10.6 Å². The van der Waals surface area contributed by atoms with E-state index in [1.54, 1.807) is 0 Å². The third kappa shape index (κ3) is 9.89. The third-order valence-electron chi connectivity index (χ3n) is 2.73. The number of amides is 2. The first-order chi connectivity index (χ1) is 8.43. The van der Waals surface area contributed by atoms with E-state index in [2.05, 4.69) is 29.4 Å². The number of hydrogen-bond donors (Lipinski definition) is 3. The van der Waals surface area contributed by atoms with Crippen molar-refractivity contribution in [3.63, 3.8) is 0 Å². The van der Waals surface area contributed by atoms with Crippen LogP contribution in [0.25, 0.3) is 0 Å². The molecule has 6 nitrogen and oxygen atoms in total. The molecule has 0 aliphatic heterocycles. The van der Waals surface area contributed by atoms with Gasteiger partial charge in [0.15, 0.2) is 0 Å². The van der Waals surface area contributed by atoms with Crippen molar-refractivity contribution in [1.29, 1.82) is 0 Å². The molecule has 106 valence electrons. The molecule has 0 unspecified atom stereocenters. The highest BCUT2D eigenvalue weighted by Crippen LogP contribution is 1.93. The molecule has 0 spiro atoms. The zero-order valence-corrected chi connectivity index (χ0v) is 11.5. The molecule has 18 heavy (non-hydrogen) atoms. The highest BCUT2D eigenvalue weighted by Gasteiger charge is 2.04. The van der Waals surface area contributed by atoms with Gasteiger partial charge in [0.05, 0.1) is 0 Å². The molecule has 0 aliphatic carbocycles. The Balaban J connectivity index is 3.40. The second kappa shape index (κ2) is 9.70. The Kier molecular flexibility index (Phi) is 9.00. The number of carboxylic acid groups (broad SMARTS) is 1. The standard InChI is InChI=1S/C12H25N3O3/c1-10(2)15(3)9-8-14-12(18)13-7-5-4-6-11(16)17/h10H,4-9H2,1-3H3,(H,16,17)(H2,13,14,18). The highest BCUT2D eigenvalue weighted by atomic mass is 16.4. The SMILES string of the molecule is CC(C)N(C)CCNC(=O)NCCCCC(=O)O. The predicted molar refractivity (Wildman–Crippen MR) is 70.7 cm³/mol. The van der Waals surface area contributed by atoms with Crippen LogP contribution in [-0.2, 0) is 4.79 Å². The molecular formula is C12H25N3O3. The largest absolute Gasteiger partial charge is 0.481 e. The molecule has 0 aromatic carbocycles. The number of aliphatic carboxylic acids is 1. The number of carbonyl (C=O) groups is 2. The molecule has 0 atom stereocenters. The quantitative estimate of drug-likeness (QED) is 0.537. The average Bonchev–Trinajstić information content (AvgIpc) is 2.27. The van der Waals surface area contributed by atoms with Crippen LogP contribution in [0.15, 0.2) is 0 Å². The summed E-state index contributed by atoms with van der Waals surface area (Å²) >= 11 is 0. The number of rotatable bonds is 9. The summed E-state index contributed by atoms with van der Waals surface area (Å²) in [5.74, 6) is -0.795. The first-order valence-corrected chi connectivity index (χ1v) is 6.37. The van der Waals surface area contributed by atoms with E-state index in [-0.39, 0.29) is 12.5 Å². The lowest BCUT2D eigenvalue weighted by Gasteiger charge is -2.20. The summed E-state index contributed by atoms with van der Waals surface area (Å²) in [6.07, 6.45) is 1.43. The van der Waals surface area contributed by atoms with Crippen molar-refractivity contribution < 1.29 is 14.7 Å². The zero-order valence-electron chi connectivity index (χ0n) is 11.5. The second-order valence-corrected chi connectivity index (χ2v) is 4.61. The molecule has 0 rings (SSSR count). The smallest absolute Gasteiger partial charge is 0.314 e. The number of hydrogen-bond acceptors (Lipinski definition) is 3. The summed E-state index contributed by atoms with van der Waals surface area (Å²) in [4.78, 5) is 23.7. The van der Waals surface area contributed by atoms with Crippen molar-refractivity contribution in [3.05, 3.63) is 0 Å². The summed E-state index contributed by atoms with van der Waals surface area (Å²) in [5.41, 5.74) is 0. The minimum atomic E-state index is -0.795. The van der Waals surface area contributed by atoms with Crippen molar-refractivity contribution in [3.8, 4) is 0 Å². The van der Waals surface area contributed by atoms with Crippen molar-refractivity contribution in [2.45, 2.75) is 39.2 Å². The van der Waals surface area contributed by atoms with Gasteiger partial charge < -0.3 is 20.6 Å². The van der Waals surface area contributed by atoms with E-state index in [0.29, 0.717) is 32.0 Å². The first kappa shape index (κ1) is 16.7. The van der Waals surface area contributed by atoms with Gasteiger partial charge in [0.1, 0.15) is 0 Å². The summed E-state index contributed by atoms with van der Waals surface area (Å²) in [6, 6.07) is 0.272. The monoisotopic (exact) mass is 259 g/mol. The fourth-order valence-corrected chi connectivity index (χ4v) is 1.27. The van der Waals surface area contributed by atoms with E-state index >= 15 is 0 Å². The number of nitrogens with zero attached hydrogens (tertiary/aromatic N) is 1. The van der Waals surface area contributed by atoms with Gasteiger partial charge in [0.2, 0.25) is 0 Å². The van der Waals surface area contributed by atoms with Gasteiger partial charge in [0.25, 0.3) is 0 Å². The topological polar surface area (TPSA) is 81.7 Å². The first-order valence-electron chi connectivity index (χ1n) is 6.37. The van der Waals surface area contributed by atoms with Gasteiger partial charge in [-0.05, 0) is 33.7 Å². The summed E-state index contributed by atoms with van der Waals surface area (Å²) in [5, 5.41) is 13.9. The van der Waals surface area contributed by atoms with E-state index < -0.39 is 5.97 Å². The lowest BCUT2D eigenvalue weighted by atomic mass is 10.2. The van der Waals surface area contributed by atoms with Gasteiger partial charge >= 0.3 is 12.0 Å². The Labute approximate surface area is 109 Å². The Hall–Kier alpha value is -1.30. The maximum atomic E-state index is 11.3. The Morgan fingerprint density at radius 3 is 2.33 bits per heavy atom. The number of carbonyl (C=O) groups excluding carboxylic acids is 1. The average molecular weight is 259 g/mol. The van der Waals surface area contributed by atoms with Crippen LogP contribution >= 0.6 is 0 Å². The maximum absolute atomic E-state index is 11.3. The molecule has 6 heteroatoms. The van der Waals surface area contributed by atoms with Crippen LogP contribution in [0.5, 0.6) is 0 Å². The summed E-state index contributed by atoms with van der Waals surface area (Å²) in [6.45, 7) is 6.13. The molecule has 0 saturated carbocycles. The van der Waals surface area contributed by atoms with Crippen molar-refractivity contribution in [2.24, 2.45) is 0 Å². The number of urea groups is 1. The van der Waals surface area contributed by atoms with E-state index in [1.165, 1.54) is 0 Å². The normalized spacial score (nSPS) is 10.7. The highest BCUT2D eigenvalue weighted by molar-refractivity contribution is 5.73. The maximum Gasteiger partial charge on any atom is 0.314 e. The molecule has 3 N–H and O–H groups in total. The Morgan fingerprint density at radius 1 is 1.17 bits per heavy atom. The molecule has 0 fully saturated rings. The van der Waals surface area contributed by atoms with E-state index in [1.807, 2.05) is 7.05 Å². The minimum Gasteiger partial charge on any atom is -0.481 e. The number of carboxylic acids is 1. The number of unbranched alkanes of at least 4 members (excludes halogenated alkanes) is 1. The minimum absolute atomic E-state index is 0.155. The molecule has 2 amide bonds. The van der Waals surface area contributed by atoms with Crippen molar-refractivity contribution in [1.82, 2.24) is 15.5 Å². The van der Waals surface area contributed by atoms with Crippen molar-refractivity contribution >= 4 is 12.0 Å². The van der Waals surface area contributed by atoms with E-state index in [9.17, 15) is 9.59 Å². The number of likely N-dealkylation sites (N-methyl/N-ethyl adjacent to an activating group) is 1. The fraction of sp³-hybridized carbons (Fsp3) is 0.833. The lowest BCUT2D eigenvalue weighted by Crippen LogP contribution is -2.41. The van der Waals surface area contributed by atoms with Crippen LogP contribution in [0.4, 0.5) is 4.79 Å². The molecule has 0 bridgehead atoms. The molecule has 0 saturated heterocycles. The predicted octanol–water partition coefficient (Wildman–Crippen LogP) is 0.881. The van der Waals surface area contributed by atoms with Crippen LogP contribution in [0.1, 0.15) is 33.1 Å². The van der Waals surface area contributed by atoms with Crippen molar-refractivity contribution in [2.75, 3.05) is 26.7 Å². The number of nitrogens with one attached hydrogen (secondary N) is 2. The van der Waals surface area contributed by atoms with Gasteiger partial charge in [-0.2, -0.15) is 0 Å². The molecule has 0 heterocycles. The van der Waals surface area contributed by atoms with Crippen LogP contribution in [-0.4, -0.2) is 54.7 Å². The lowest BCUT2D eigenvalue weighted by molar-refractivity contribution is -0.137. The van der Waals surface area contributed by atoms with Crippen LogP contribution in [0.2, 0.25) is 0 Å². The third-order valence-corrected chi connectivity index (χ3v) is 2.73. The molecule has 0 aliphatic rings. The Morgan fingerprint density at radius 2 is 1.78 bits per heavy atom. The molecular weight excluding hydrogens is 234 g/mol. The Bertz CT molecular complexity index is 257. The van der Waals surface area contributed by atoms with Gasteiger partial charge in [-0.25, -0.2) is 4.79 Å². The summed E-state index contributed by atoms with van der Waals surface area (Å²) in [7, 11) is 2.01. The zero-order chi connectivity index (χ0) is 14.0. The fourth-order valence-electron chi connectivity index (χ4n) is 1.27. The van der Waals surface area contributed by atoms with Gasteiger partial charge in [-0.15, -0.1) is 0 Å². The van der Waals surface area contributed by atoms with E-state index in [4.69, 9.17) is 5.11 Å². The molecule has 0 aromatic heterocycles. The van der Waals surface area contributed by atoms with Crippen LogP contribution in [0, 0.1) is 0 Å². The second-order valence-electron chi connectivity index (χ2n) is 4.61. The summed E-state index contributed by atoms with van der Waals surface area (Å²) < 4.78 is 0. The van der Waals surface area contributed by atoms with E-state index in [0.717, 1.165) is 6.54 Å². The van der Waals surface area contributed by atoms with Crippen LogP contribution in [0.3, 0.4) is 0 Å². The van der Waals surface area contributed by atoms with Gasteiger partial charge in [-0.1, -0.05) is 0 Å².